The normalized spacial score (nSPS) is 16.5. The summed E-state index contributed by atoms with van der Waals surface area (Å²) in [5.41, 5.74) is 0.631. The Balaban J connectivity index is 1.60. The fourth-order valence-corrected chi connectivity index (χ4v) is 4.48. The summed E-state index contributed by atoms with van der Waals surface area (Å²) in [6.07, 6.45) is 4.18. The van der Waals surface area contributed by atoms with Gasteiger partial charge < -0.3 is 5.32 Å². The number of hydrogen-bond donors (Lipinski definition) is 1. The van der Waals surface area contributed by atoms with Crippen molar-refractivity contribution in [3.8, 4) is 0 Å². The van der Waals surface area contributed by atoms with E-state index < -0.39 is 15.8 Å². The van der Waals surface area contributed by atoms with Crippen LogP contribution in [0.3, 0.4) is 0 Å². The number of halogens is 1. The maximum Gasteiger partial charge on any atom is 0.243 e. The minimum atomic E-state index is -3.74. The fourth-order valence-electron chi connectivity index (χ4n) is 2.98. The van der Waals surface area contributed by atoms with E-state index in [0.717, 1.165) is 6.07 Å². The predicted octanol–water partition coefficient (Wildman–Crippen LogP) is 2.08. The molecule has 9 heteroatoms. The van der Waals surface area contributed by atoms with Gasteiger partial charge in [0.15, 0.2) is 0 Å². The zero-order valence-electron chi connectivity index (χ0n) is 14.4. The van der Waals surface area contributed by atoms with E-state index in [9.17, 15) is 17.6 Å². The Morgan fingerprint density at radius 3 is 2.69 bits per heavy atom. The van der Waals surface area contributed by atoms with Crippen LogP contribution in [0.25, 0.3) is 0 Å². The van der Waals surface area contributed by atoms with Crippen molar-refractivity contribution in [2.24, 2.45) is 5.92 Å². The third-order valence-corrected chi connectivity index (χ3v) is 6.38. The number of aryl methyl sites for hydroxylation is 1. The number of nitrogens with zero attached hydrogens (tertiary/aromatic N) is 3. The van der Waals surface area contributed by atoms with Crippen molar-refractivity contribution >= 4 is 21.6 Å². The zero-order valence-corrected chi connectivity index (χ0v) is 15.2. The zero-order chi connectivity index (χ0) is 18.7. The molecular weight excluding hydrogens is 359 g/mol. The molecule has 0 saturated carbocycles. The quantitative estimate of drug-likeness (QED) is 0.861. The molecule has 1 aliphatic rings. The molecule has 140 valence electrons. The molecule has 0 spiro atoms. The summed E-state index contributed by atoms with van der Waals surface area (Å²) in [6, 6.07) is 4.97. The van der Waals surface area contributed by atoms with Gasteiger partial charge in [0.25, 0.3) is 0 Å². The molecule has 1 aliphatic heterocycles. The molecule has 0 bridgehead atoms. The van der Waals surface area contributed by atoms with Gasteiger partial charge in [-0.05, 0) is 38.0 Å². The summed E-state index contributed by atoms with van der Waals surface area (Å²) in [5, 5.41) is 6.92. The van der Waals surface area contributed by atoms with Gasteiger partial charge in [0, 0.05) is 31.7 Å². The summed E-state index contributed by atoms with van der Waals surface area (Å²) >= 11 is 0. The lowest BCUT2D eigenvalue weighted by Gasteiger charge is -2.30. The summed E-state index contributed by atoms with van der Waals surface area (Å²) in [4.78, 5) is 12.3. The van der Waals surface area contributed by atoms with Crippen LogP contribution in [0.15, 0.2) is 41.6 Å². The second-order valence-electron chi connectivity index (χ2n) is 6.21. The van der Waals surface area contributed by atoms with Crippen molar-refractivity contribution in [2.75, 3.05) is 18.4 Å². The molecule has 1 N–H and O–H groups in total. The van der Waals surface area contributed by atoms with Gasteiger partial charge in [-0.15, -0.1) is 0 Å². The SMILES string of the molecule is CCn1cc(NC(=O)C2CCN(S(=O)(=O)c3cccc(F)c3)CC2)cn1. The number of benzene rings is 1. The average molecular weight is 380 g/mol. The lowest BCUT2D eigenvalue weighted by Crippen LogP contribution is -2.41. The van der Waals surface area contributed by atoms with Crippen LogP contribution in [0, 0.1) is 11.7 Å². The van der Waals surface area contributed by atoms with Crippen LogP contribution < -0.4 is 5.32 Å². The molecule has 1 fully saturated rings. The number of hydrogen-bond acceptors (Lipinski definition) is 4. The van der Waals surface area contributed by atoms with E-state index >= 15 is 0 Å². The second kappa shape index (κ2) is 7.55. The summed E-state index contributed by atoms with van der Waals surface area (Å²) < 4.78 is 41.5. The minimum absolute atomic E-state index is 0.0626. The van der Waals surface area contributed by atoms with Gasteiger partial charge in [0.1, 0.15) is 5.82 Å². The third kappa shape index (κ3) is 3.94. The molecule has 0 unspecified atom stereocenters. The summed E-state index contributed by atoms with van der Waals surface area (Å²) in [7, 11) is -3.74. The highest BCUT2D eigenvalue weighted by Gasteiger charge is 2.32. The molecule has 26 heavy (non-hydrogen) atoms. The topological polar surface area (TPSA) is 84.3 Å². The van der Waals surface area contributed by atoms with Gasteiger partial charge in [-0.3, -0.25) is 9.48 Å². The average Bonchev–Trinajstić information content (AvgIpc) is 3.09. The molecule has 0 radical (unpaired) electrons. The van der Waals surface area contributed by atoms with Gasteiger partial charge in [-0.1, -0.05) is 6.07 Å². The molecule has 0 aliphatic carbocycles. The summed E-state index contributed by atoms with van der Waals surface area (Å²) in [6.45, 7) is 3.12. The molecule has 1 aromatic carbocycles. The first-order valence-electron chi connectivity index (χ1n) is 8.49. The van der Waals surface area contributed by atoms with Crippen LogP contribution in [-0.2, 0) is 21.4 Å². The van der Waals surface area contributed by atoms with E-state index in [1.165, 1.54) is 22.5 Å². The minimum Gasteiger partial charge on any atom is -0.323 e. The Morgan fingerprint density at radius 1 is 1.35 bits per heavy atom. The Labute approximate surface area is 151 Å². The molecular formula is C17H21FN4O3S. The lowest BCUT2D eigenvalue weighted by molar-refractivity contribution is -0.120. The van der Waals surface area contributed by atoms with Gasteiger partial charge in [0.2, 0.25) is 15.9 Å². The third-order valence-electron chi connectivity index (χ3n) is 4.48. The highest BCUT2D eigenvalue weighted by atomic mass is 32.2. The Bertz CT molecular complexity index is 889. The Morgan fingerprint density at radius 2 is 2.08 bits per heavy atom. The van der Waals surface area contributed by atoms with Gasteiger partial charge >= 0.3 is 0 Å². The number of piperidine rings is 1. The highest BCUT2D eigenvalue weighted by Crippen LogP contribution is 2.25. The molecule has 1 saturated heterocycles. The standard InChI is InChI=1S/C17H21FN4O3S/c1-2-21-12-15(11-19-21)20-17(23)13-6-8-22(9-7-13)26(24,25)16-5-3-4-14(18)10-16/h3-5,10-13H,2,6-9H2,1H3,(H,20,23). The van der Waals surface area contributed by atoms with E-state index in [-0.39, 0.29) is 29.8 Å². The number of rotatable bonds is 5. The van der Waals surface area contributed by atoms with E-state index in [1.807, 2.05) is 6.92 Å². The van der Waals surface area contributed by atoms with Crippen molar-refractivity contribution in [3.05, 3.63) is 42.5 Å². The van der Waals surface area contributed by atoms with E-state index in [2.05, 4.69) is 10.4 Å². The first-order chi connectivity index (χ1) is 12.4. The second-order valence-corrected chi connectivity index (χ2v) is 8.15. The van der Waals surface area contributed by atoms with Crippen molar-refractivity contribution in [1.82, 2.24) is 14.1 Å². The van der Waals surface area contributed by atoms with E-state index in [0.29, 0.717) is 25.1 Å². The van der Waals surface area contributed by atoms with Gasteiger partial charge in [-0.2, -0.15) is 9.40 Å². The van der Waals surface area contributed by atoms with Crippen LogP contribution in [0.2, 0.25) is 0 Å². The fraction of sp³-hybridized carbons (Fsp3) is 0.412. The number of carbonyl (C=O) groups is 1. The number of amides is 1. The Kier molecular flexibility index (Phi) is 5.38. The number of nitrogens with one attached hydrogen (secondary N) is 1. The molecule has 2 heterocycles. The van der Waals surface area contributed by atoms with Crippen molar-refractivity contribution < 1.29 is 17.6 Å². The van der Waals surface area contributed by atoms with Crippen molar-refractivity contribution in [2.45, 2.75) is 31.2 Å². The van der Waals surface area contributed by atoms with Crippen molar-refractivity contribution in [3.63, 3.8) is 0 Å². The monoisotopic (exact) mass is 380 g/mol. The van der Waals surface area contributed by atoms with Crippen LogP contribution in [-0.4, -0.2) is 41.5 Å². The number of sulfonamides is 1. The molecule has 3 rings (SSSR count). The van der Waals surface area contributed by atoms with Crippen molar-refractivity contribution in [1.29, 1.82) is 0 Å². The van der Waals surface area contributed by atoms with Crippen LogP contribution in [0.5, 0.6) is 0 Å². The molecule has 1 aromatic heterocycles. The predicted molar refractivity (Wildman–Crippen MR) is 94.4 cm³/mol. The number of carbonyl (C=O) groups excluding carboxylic acids is 1. The number of anilines is 1. The molecule has 2 aromatic rings. The lowest BCUT2D eigenvalue weighted by atomic mass is 9.97. The highest BCUT2D eigenvalue weighted by molar-refractivity contribution is 7.89. The smallest absolute Gasteiger partial charge is 0.243 e. The molecule has 0 atom stereocenters. The Hall–Kier alpha value is -2.26. The first-order valence-corrected chi connectivity index (χ1v) is 9.93. The van der Waals surface area contributed by atoms with E-state index in [4.69, 9.17) is 0 Å². The molecule has 1 amide bonds. The number of aromatic nitrogens is 2. The van der Waals surface area contributed by atoms with Crippen LogP contribution >= 0.6 is 0 Å². The van der Waals surface area contributed by atoms with Gasteiger partial charge in [0.05, 0.1) is 16.8 Å². The van der Waals surface area contributed by atoms with Crippen LogP contribution in [0.4, 0.5) is 10.1 Å². The molecule has 7 nitrogen and oxygen atoms in total. The van der Waals surface area contributed by atoms with E-state index in [1.54, 1.807) is 17.1 Å². The van der Waals surface area contributed by atoms with Gasteiger partial charge in [-0.25, -0.2) is 12.8 Å². The maximum absolute atomic E-state index is 13.3. The maximum atomic E-state index is 13.3. The summed E-state index contributed by atoms with van der Waals surface area (Å²) in [5.74, 6) is -0.990. The van der Waals surface area contributed by atoms with Crippen LogP contribution in [0.1, 0.15) is 19.8 Å². The largest absolute Gasteiger partial charge is 0.323 e. The first kappa shape index (κ1) is 18.5.